The van der Waals surface area contributed by atoms with Crippen LogP contribution in [0.25, 0.3) is 0 Å². The Kier molecular flexibility index (Phi) is 5.68. The molecule has 0 aliphatic heterocycles. The van der Waals surface area contributed by atoms with Gasteiger partial charge in [0.15, 0.2) is 0 Å². The molecule has 0 amide bonds. The molecule has 114 valence electrons. The van der Waals surface area contributed by atoms with Crippen LogP contribution in [0.1, 0.15) is 11.4 Å². The van der Waals surface area contributed by atoms with Crippen molar-refractivity contribution < 1.29 is 13.2 Å². The van der Waals surface area contributed by atoms with Crippen molar-refractivity contribution in [1.29, 1.82) is 0 Å². The van der Waals surface area contributed by atoms with Gasteiger partial charge in [0.2, 0.25) is 10.0 Å². The average Bonchev–Trinajstić information content (AvgIpc) is 3.00. The standard InChI is InChI=1S/C13H17N3O3S2/c14-6-1-8-19-11-2-4-12(5-3-11)21(17,18)16-10-13-15-7-9-20-13/h2-5,7,9,16H,1,6,8,10,14H2. The van der Waals surface area contributed by atoms with Gasteiger partial charge in [-0.05, 0) is 37.2 Å². The highest BCUT2D eigenvalue weighted by Gasteiger charge is 2.14. The van der Waals surface area contributed by atoms with Gasteiger partial charge >= 0.3 is 0 Å². The SMILES string of the molecule is NCCCOc1ccc(S(=O)(=O)NCc2nccs2)cc1. The van der Waals surface area contributed by atoms with Crippen LogP contribution >= 0.6 is 11.3 Å². The molecule has 0 bridgehead atoms. The summed E-state index contributed by atoms with van der Waals surface area (Å²) in [6, 6.07) is 6.30. The van der Waals surface area contributed by atoms with Gasteiger partial charge < -0.3 is 10.5 Å². The Morgan fingerprint density at radius 1 is 1.29 bits per heavy atom. The number of hydrogen-bond acceptors (Lipinski definition) is 6. The second-order valence-corrected chi connectivity index (χ2v) is 6.96. The molecule has 0 fully saturated rings. The topological polar surface area (TPSA) is 94.3 Å². The van der Waals surface area contributed by atoms with E-state index >= 15 is 0 Å². The van der Waals surface area contributed by atoms with Crippen molar-refractivity contribution in [2.75, 3.05) is 13.2 Å². The van der Waals surface area contributed by atoms with E-state index < -0.39 is 10.0 Å². The summed E-state index contributed by atoms with van der Waals surface area (Å²) in [6.07, 6.45) is 2.40. The zero-order valence-electron chi connectivity index (χ0n) is 11.4. The van der Waals surface area contributed by atoms with E-state index in [9.17, 15) is 8.42 Å². The minimum atomic E-state index is -3.54. The van der Waals surface area contributed by atoms with Crippen LogP contribution in [0.4, 0.5) is 0 Å². The van der Waals surface area contributed by atoms with Crippen LogP contribution in [0.5, 0.6) is 5.75 Å². The van der Waals surface area contributed by atoms with Crippen molar-refractivity contribution in [3.63, 3.8) is 0 Å². The van der Waals surface area contributed by atoms with Gasteiger partial charge in [0, 0.05) is 11.6 Å². The predicted molar refractivity (Wildman–Crippen MR) is 81.7 cm³/mol. The fraction of sp³-hybridized carbons (Fsp3) is 0.308. The second-order valence-electron chi connectivity index (χ2n) is 4.21. The maximum absolute atomic E-state index is 12.1. The van der Waals surface area contributed by atoms with Gasteiger partial charge in [-0.1, -0.05) is 0 Å². The molecular formula is C13H17N3O3S2. The molecule has 1 aromatic heterocycles. The molecule has 0 saturated heterocycles. The molecule has 1 heterocycles. The van der Waals surface area contributed by atoms with Gasteiger partial charge in [-0.3, -0.25) is 0 Å². The molecule has 0 spiro atoms. The van der Waals surface area contributed by atoms with Gasteiger partial charge in [0.05, 0.1) is 18.0 Å². The number of ether oxygens (including phenoxy) is 1. The Balaban J connectivity index is 1.96. The average molecular weight is 327 g/mol. The summed E-state index contributed by atoms with van der Waals surface area (Å²) in [5.74, 6) is 0.627. The van der Waals surface area contributed by atoms with E-state index in [0.717, 1.165) is 11.4 Å². The molecule has 0 saturated carbocycles. The van der Waals surface area contributed by atoms with Crippen molar-refractivity contribution in [3.05, 3.63) is 40.8 Å². The summed E-state index contributed by atoms with van der Waals surface area (Å²) < 4.78 is 32.2. The summed E-state index contributed by atoms with van der Waals surface area (Å²) >= 11 is 1.40. The van der Waals surface area contributed by atoms with Crippen molar-refractivity contribution >= 4 is 21.4 Å². The first-order chi connectivity index (χ1) is 10.1. The third-order valence-corrected chi connectivity index (χ3v) is 4.84. The minimum absolute atomic E-state index is 0.189. The number of rotatable bonds is 8. The normalized spacial score (nSPS) is 11.5. The summed E-state index contributed by atoms with van der Waals surface area (Å²) in [5.41, 5.74) is 5.38. The summed E-state index contributed by atoms with van der Waals surface area (Å²) in [6.45, 7) is 1.27. The third-order valence-electron chi connectivity index (χ3n) is 2.65. The first kappa shape index (κ1) is 15.9. The maximum Gasteiger partial charge on any atom is 0.240 e. The summed E-state index contributed by atoms with van der Waals surface area (Å²) in [4.78, 5) is 4.23. The number of benzene rings is 1. The second kappa shape index (κ2) is 7.51. The van der Waals surface area contributed by atoms with E-state index in [1.807, 2.05) is 0 Å². The Bertz CT molecular complexity index is 640. The monoisotopic (exact) mass is 327 g/mol. The molecule has 6 nitrogen and oxygen atoms in total. The molecule has 1 aromatic carbocycles. The molecular weight excluding hydrogens is 310 g/mol. The van der Waals surface area contributed by atoms with Crippen molar-refractivity contribution in [2.45, 2.75) is 17.9 Å². The molecule has 0 aliphatic carbocycles. The van der Waals surface area contributed by atoms with E-state index in [2.05, 4.69) is 9.71 Å². The fourth-order valence-corrected chi connectivity index (χ4v) is 3.20. The van der Waals surface area contributed by atoms with Gasteiger partial charge in [-0.2, -0.15) is 0 Å². The lowest BCUT2D eigenvalue weighted by Gasteiger charge is -2.08. The van der Waals surface area contributed by atoms with Crippen LogP contribution in [0.3, 0.4) is 0 Å². The number of nitrogens with one attached hydrogen (secondary N) is 1. The molecule has 0 radical (unpaired) electrons. The van der Waals surface area contributed by atoms with Gasteiger partial charge in [-0.25, -0.2) is 18.1 Å². The smallest absolute Gasteiger partial charge is 0.240 e. The molecule has 3 N–H and O–H groups in total. The van der Waals surface area contributed by atoms with Crippen LogP contribution in [-0.4, -0.2) is 26.6 Å². The highest BCUT2D eigenvalue weighted by atomic mass is 32.2. The first-order valence-electron chi connectivity index (χ1n) is 6.43. The van der Waals surface area contributed by atoms with E-state index in [-0.39, 0.29) is 11.4 Å². The minimum Gasteiger partial charge on any atom is -0.494 e. The van der Waals surface area contributed by atoms with Crippen molar-refractivity contribution in [2.24, 2.45) is 5.73 Å². The predicted octanol–water partition coefficient (Wildman–Crippen LogP) is 1.35. The summed E-state index contributed by atoms with van der Waals surface area (Å²) in [7, 11) is -3.54. The van der Waals surface area contributed by atoms with E-state index in [1.54, 1.807) is 23.7 Å². The molecule has 21 heavy (non-hydrogen) atoms. The van der Waals surface area contributed by atoms with Gasteiger partial charge in [0.1, 0.15) is 10.8 Å². The molecule has 8 heteroatoms. The highest BCUT2D eigenvalue weighted by Crippen LogP contribution is 2.16. The van der Waals surface area contributed by atoms with E-state index in [0.29, 0.717) is 18.9 Å². The van der Waals surface area contributed by atoms with Crippen molar-refractivity contribution in [1.82, 2.24) is 9.71 Å². The maximum atomic E-state index is 12.1. The summed E-state index contributed by atoms with van der Waals surface area (Å²) in [5, 5.41) is 2.53. The largest absolute Gasteiger partial charge is 0.494 e. The lowest BCUT2D eigenvalue weighted by atomic mass is 10.3. The van der Waals surface area contributed by atoms with Crippen LogP contribution in [0, 0.1) is 0 Å². The Morgan fingerprint density at radius 2 is 2.05 bits per heavy atom. The number of aromatic nitrogens is 1. The molecule has 0 unspecified atom stereocenters. The molecule has 0 aliphatic rings. The Labute approximate surface area is 128 Å². The first-order valence-corrected chi connectivity index (χ1v) is 8.79. The van der Waals surface area contributed by atoms with Crippen LogP contribution < -0.4 is 15.2 Å². The number of sulfonamides is 1. The van der Waals surface area contributed by atoms with Crippen molar-refractivity contribution in [3.8, 4) is 5.75 Å². The highest BCUT2D eigenvalue weighted by molar-refractivity contribution is 7.89. The lowest BCUT2D eigenvalue weighted by molar-refractivity contribution is 0.313. The van der Waals surface area contributed by atoms with E-state index in [4.69, 9.17) is 10.5 Å². The Morgan fingerprint density at radius 3 is 2.67 bits per heavy atom. The molecule has 2 rings (SSSR count). The third kappa shape index (κ3) is 4.78. The fourth-order valence-electron chi connectivity index (χ4n) is 1.57. The van der Waals surface area contributed by atoms with Gasteiger partial charge in [0.25, 0.3) is 0 Å². The molecule has 2 aromatic rings. The number of nitrogens with two attached hydrogens (primary N) is 1. The van der Waals surface area contributed by atoms with Crippen LogP contribution in [0.2, 0.25) is 0 Å². The Hall–Kier alpha value is -1.48. The molecule has 0 atom stereocenters. The van der Waals surface area contributed by atoms with Crippen LogP contribution in [0.15, 0.2) is 40.7 Å². The van der Waals surface area contributed by atoms with Gasteiger partial charge in [-0.15, -0.1) is 11.3 Å². The number of nitrogens with zero attached hydrogens (tertiary/aromatic N) is 1. The number of hydrogen-bond donors (Lipinski definition) is 2. The zero-order chi connectivity index (χ0) is 15.1. The number of thiazole rings is 1. The zero-order valence-corrected chi connectivity index (χ0v) is 13.0. The lowest BCUT2D eigenvalue weighted by Crippen LogP contribution is -2.23. The quantitative estimate of drug-likeness (QED) is 0.714. The van der Waals surface area contributed by atoms with Crippen LogP contribution in [-0.2, 0) is 16.6 Å². The van der Waals surface area contributed by atoms with E-state index in [1.165, 1.54) is 23.5 Å².